The predicted molar refractivity (Wildman–Crippen MR) is 46.9 cm³/mol. The second-order valence-electron chi connectivity index (χ2n) is 2.83. The average Bonchev–Trinajstić information content (AvgIpc) is 2.85. The minimum absolute atomic E-state index is 1.12. The van der Waals surface area contributed by atoms with Crippen molar-refractivity contribution in [1.29, 1.82) is 0 Å². The standard InChI is InChI=1S/2C4H8N.2FH.Zr/c2*1-2-4-5-3-1;;;/h2*1-4H2;2*1H;/q2*-1;;;+4/p-2. The Morgan fingerprint density at radius 2 is 0.923 bits per heavy atom. The average molecular weight is 269 g/mol. The first-order valence-electron chi connectivity index (χ1n) is 4.64. The van der Waals surface area contributed by atoms with Gasteiger partial charge < -0.3 is 10.6 Å². The van der Waals surface area contributed by atoms with Crippen molar-refractivity contribution in [2.45, 2.75) is 25.7 Å². The van der Waals surface area contributed by atoms with Crippen molar-refractivity contribution in [3.8, 4) is 0 Å². The van der Waals surface area contributed by atoms with Crippen molar-refractivity contribution in [1.82, 2.24) is 0 Å². The Morgan fingerprint density at radius 1 is 0.692 bits per heavy atom. The first kappa shape index (κ1) is 13.7. The van der Waals surface area contributed by atoms with E-state index < -0.39 is 24.5 Å². The van der Waals surface area contributed by atoms with E-state index in [0.717, 1.165) is 26.2 Å². The molecule has 13 heavy (non-hydrogen) atoms. The van der Waals surface area contributed by atoms with Crippen LogP contribution in [0.3, 0.4) is 0 Å². The van der Waals surface area contributed by atoms with E-state index in [9.17, 15) is 5.25 Å². The third-order valence-electron chi connectivity index (χ3n) is 1.76. The summed E-state index contributed by atoms with van der Waals surface area (Å²) in [6, 6.07) is 0. The van der Waals surface area contributed by atoms with E-state index in [1.165, 1.54) is 25.7 Å². The van der Waals surface area contributed by atoms with E-state index >= 15 is 0 Å². The Hall–Kier alpha value is 0.663. The van der Waals surface area contributed by atoms with Gasteiger partial charge in [0.25, 0.3) is 0 Å². The van der Waals surface area contributed by atoms with E-state index in [4.69, 9.17) is 0 Å². The van der Waals surface area contributed by atoms with E-state index in [0.29, 0.717) is 0 Å². The van der Waals surface area contributed by atoms with Crippen molar-refractivity contribution in [2.75, 3.05) is 26.2 Å². The fourth-order valence-electron chi connectivity index (χ4n) is 1.12. The molecule has 76 valence electrons. The molecule has 0 saturated carbocycles. The summed E-state index contributed by atoms with van der Waals surface area (Å²) in [4.78, 5) is 0. The molecule has 2 heterocycles. The monoisotopic (exact) mass is 268 g/mol. The number of hydrogen-bond acceptors (Lipinski definition) is 0. The fourth-order valence-corrected chi connectivity index (χ4v) is 1.12. The van der Waals surface area contributed by atoms with Crippen LogP contribution in [0.5, 0.6) is 0 Å². The number of rotatable bonds is 0. The molecule has 0 N–H and O–H groups in total. The van der Waals surface area contributed by atoms with Crippen LogP contribution in [0.15, 0.2) is 0 Å². The Labute approximate surface area is 92.2 Å². The Bertz CT molecular complexity index is 63.0. The van der Waals surface area contributed by atoms with Gasteiger partial charge in [-0.3, -0.25) is 0 Å². The van der Waals surface area contributed by atoms with Crippen LogP contribution < -0.4 is 0 Å². The summed E-state index contributed by atoms with van der Waals surface area (Å²) < 4.78 is 19.6. The molecule has 0 aromatic rings. The van der Waals surface area contributed by atoms with Crippen LogP contribution in [0.4, 0.5) is 5.25 Å². The molecular weight excluding hydrogens is 253 g/mol. The van der Waals surface area contributed by atoms with Gasteiger partial charge in [0.15, 0.2) is 0 Å². The second-order valence-corrected chi connectivity index (χ2v) is 3.18. The molecule has 2 rings (SSSR count). The van der Waals surface area contributed by atoms with Crippen molar-refractivity contribution >= 4 is 0 Å². The fraction of sp³-hybridized carbons (Fsp3) is 1.00. The van der Waals surface area contributed by atoms with Gasteiger partial charge in [0.2, 0.25) is 0 Å². The van der Waals surface area contributed by atoms with Gasteiger partial charge >= 0.3 is 29.7 Å². The predicted octanol–water partition coefficient (Wildman–Crippen LogP) is 3.15. The summed E-state index contributed by atoms with van der Waals surface area (Å²) in [7, 11) is 0. The third kappa shape index (κ3) is 12.7. The maximum absolute atomic E-state index is 9.80. The van der Waals surface area contributed by atoms with Gasteiger partial charge in [-0.1, -0.05) is 25.7 Å². The van der Waals surface area contributed by atoms with Gasteiger partial charge in [-0.15, -0.1) is 26.2 Å². The van der Waals surface area contributed by atoms with Crippen LogP contribution in [-0.4, -0.2) is 26.2 Å². The van der Waals surface area contributed by atoms with Gasteiger partial charge in [0.05, 0.1) is 0 Å². The van der Waals surface area contributed by atoms with E-state index in [-0.39, 0.29) is 0 Å². The molecular formula is C8H16F2N2Zr. The summed E-state index contributed by atoms with van der Waals surface area (Å²) in [5.74, 6) is 0. The molecule has 2 saturated heterocycles. The minimum atomic E-state index is -2.77. The molecule has 0 amide bonds. The van der Waals surface area contributed by atoms with Crippen LogP contribution in [0.2, 0.25) is 0 Å². The first-order chi connectivity index (χ1) is 6.41. The van der Waals surface area contributed by atoms with E-state index in [2.05, 4.69) is 10.6 Å². The molecule has 2 nitrogen and oxygen atoms in total. The zero-order chi connectivity index (χ0) is 9.78. The summed E-state index contributed by atoms with van der Waals surface area (Å²) >= 11 is -2.77. The van der Waals surface area contributed by atoms with Crippen LogP contribution in [0, 0.1) is 0 Å². The van der Waals surface area contributed by atoms with Crippen LogP contribution in [-0.2, 0) is 24.5 Å². The van der Waals surface area contributed by atoms with Crippen LogP contribution in [0.1, 0.15) is 25.7 Å². The number of nitrogens with zero attached hydrogens (tertiary/aromatic N) is 2. The molecule has 0 aromatic carbocycles. The molecule has 2 aliphatic rings. The van der Waals surface area contributed by atoms with Gasteiger partial charge in [0, 0.05) is 0 Å². The zero-order valence-corrected chi connectivity index (χ0v) is 10.3. The zero-order valence-electron chi connectivity index (χ0n) is 7.81. The molecule has 0 bridgehead atoms. The molecule has 0 aromatic heterocycles. The van der Waals surface area contributed by atoms with Crippen LogP contribution in [0.25, 0.3) is 10.6 Å². The molecule has 0 aliphatic carbocycles. The summed E-state index contributed by atoms with van der Waals surface area (Å²) in [6.07, 6.45) is 5.33. The first-order valence-corrected chi connectivity index (χ1v) is 6.50. The maximum atomic E-state index is 9.80. The number of hydrogen-bond donors (Lipinski definition) is 0. The normalized spacial score (nSPS) is 19.2. The summed E-state index contributed by atoms with van der Waals surface area (Å²) in [5.41, 5.74) is 0. The Kier molecular flexibility index (Phi) is 13.3. The summed E-state index contributed by atoms with van der Waals surface area (Å²) in [6.45, 7) is 4.50. The SMILES string of the molecule is C1CC[N-]C1.C1CC[N-]C1.[F][Zr+2][F]. The van der Waals surface area contributed by atoms with Gasteiger partial charge in [-0.2, -0.15) is 0 Å². The van der Waals surface area contributed by atoms with Crippen LogP contribution >= 0.6 is 0 Å². The van der Waals surface area contributed by atoms with Gasteiger partial charge in [-0.25, -0.2) is 0 Å². The third-order valence-corrected chi connectivity index (χ3v) is 1.76. The molecule has 0 atom stereocenters. The topological polar surface area (TPSA) is 28.2 Å². The molecule has 0 radical (unpaired) electrons. The Morgan fingerprint density at radius 3 is 1.00 bits per heavy atom. The van der Waals surface area contributed by atoms with Crippen molar-refractivity contribution in [3.05, 3.63) is 10.6 Å². The van der Waals surface area contributed by atoms with Crippen molar-refractivity contribution < 1.29 is 29.7 Å². The molecule has 2 fully saturated rings. The molecule has 0 spiro atoms. The van der Waals surface area contributed by atoms with Gasteiger partial charge in [0.1, 0.15) is 0 Å². The van der Waals surface area contributed by atoms with Gasteiger partial charge in [-0.05, 0) is 0 Å². The quantitative estimate of drug-likeness (QED) is 0.646. The summed E-state index contributed by atoms with van der Waals surface area (Å²) in [5, 5.41) is 8.17. The number of halogens is 2. The van der Waals surface area contributed by atoms with Crippen molar-refractivity contribution in [2.24, 2.45) is 0 Å². The molecule has 0 unspecified atom stereocenters. The van der Waals surface area contributed by atoms with E-state index in [1.807, 2.05) is 0 Å². The van der Waals surface area contributed by atoms with Crippen molar-refractivity contribution in [3.63, 3.8) is 0 Å². The molecule has 2 aliphatic heterocycles. The molecule has 5 heteroatoms. The second kappa shape index (κ2) is 12.7. The Balaban J connectivity index is 0.000000174. The van der Waals surface area contributed by atoms with E-state index in [1.54, 1.807) is 0 Å².